The largest absolute Gasteiger partial charge is 0.447 e. The number of fused-ring (bicyclic) bond motifs is 2. The molecule has 2 bridgehead atoms. The van der Waals surface area contributed by atoms with Gasteiger partial charge in [0.05, 0.1) is 22.7 Å². The number of alkyl halides is 3. The molecule has 184 valence electrons. The van der Waals surface area contributed by atoms with Gasteiger partial charge < -0.3 is 20.7 Å². The maximum Gasteiger partial charge on any atom is 0.416 e. The lowest BCUT2D eigenvalue weighted by Gasteiger charge is -2.36. The second kappa shape index (κ2) is 8.92. The van der Waals surface area contributed by atoms with Gasteiger partial charge in [0.1, 0.15) is 6.26 Å². The molecule has 3 N–H and O–H groups in total. The van der Waals surface area contributed by atoms with Crippen molar-refractivity contribution in [2.75, 3.05) is 12.4 Å². The van der Waals surface area contributed by atoms with Gasteiger partial charge in [-0.1, -0.05) is 12.1 Å². The topological polar surface area (TPSA) is 79.5 Å². The Balaban J connectivity index is 1.50. The monoisotopic (exact) mass is 484 g/mol. The minimum Gasteiger partial charge on any atom is -0.447 e. The zero-order valence-electron chi connectivity index (χ0n) is 19.3. The van der Waals surface area contributed by atoms with Crippen LogP contribution in [0.2, 0.25) is 0 Å². The molecule has 3 aliphatic rings. The number of nitrogens with one attached hydrogen (secondary N) is 1. The molecule has 2 saturated heterocycles. The van der Waals surface area contributed by atoms with Gasteiger partial charge in [0.15, 0.2) is 5.88 Å². The van der Waals surface area contributed by atoms with Gasteiger partial charge in [-0.2, -0.15) is 13.2 Å². The Morgan fingerprint density at radius 3 is 2.60 bits per heavy atom. The van der Waals surface area contributed by atoms with Gasteiger partial charge >= 0.3 is 6.18 Å². The molecule has 0 spiro atoms. The van der Waals surface area contributed by atoms with Crippen LogP contribution in [-0.2, 0) is 10.9 Å². The zero-order valence-corrected chi connectivity index (χ0v) is 19.3. The predicted octanol–water partition coefficient (Wildman–Crippen LogP) is 4.59. The first-order chi connectivity index (χ1) is 16.7. The molecule has 1 aromatic heterocycles. The van der Waals surface area contributed by atoms with E-state index in [-0.39, 0.29) is 23.2 Å². The van der Waals surface area contributed by atoms with Gasteiger partial charge in [-0.05, 0) is 57.5 Å². The molecule has 1 aromatic carbocycles. The molecule has 0 amide bonds. The van der Waals surface area contributed by atoms with E-state index in [1.54, 1.807) is 23.4 Å². The number of hydrogen-bond donors (Lipinski definition) is 2. The van der Waals surface area contributed by atoms with E-state index in [2.05, 4.69) is 33.8 Å². The Morgan fingerprint density at radius 1 is 1.20 bits per heavy atom. The summed E-state index contributed by atoms with van der Waals surface area (Å²) in [5.74, 6) is 0.704. The smallest absolute Gasteiger partial charge is 0.416 e. The maximum absolute atomic E-state index is 13.3. The Labute approximate surface area is 201 Å². The van der Waals surface area contributed by atoms with Crippen molar-refractivity contribution in [3.8, 4) is 0 Å². The van der Waals surface area contributed by atoms with Gasteiger partial charge in [-0.3, -0.25) is 4.90 Å². The molecule has 7 nitrogen and oxygen atoms in total. The lowest BCUT2D eigenvalue weighted by atomic mass is 9.98. The Kier molecular flexibility index (Phi) is 5.92. The summed E-state index contributed by atoms with van der Waals surface area (Å²) in [6.45, 7) is 3.87. The molecule has 3 aliphatic heterocycles. The number of nitrogens with zero attached hydrogens (tertiary/aromatic N) is 4. The highest BCUT2D eigenvalue weighted by atomic mass is 19.4. The van der Waals surface area contributed by atoms with Crippen LogP contribution in [0.4, 0.5) is 19.1 Å². The summed E-state index contributed by atoms with van der Waals surface area (Å²) in [5.41, 5.74) is 6.80. The van der Waals surface area contributed by atoms with E-state index in [4.69, 9.17) is 10.5 Å². The average Bonchev–Trinajstić information content (AvgIpc) is 3.31. The lowest BCUT2D eigenvalue weighted by Crippen LogP contribution is -2.44. The summed E-state index contributed by atoms with van der Waals surface area (Å²) in [6, 6.07) is 7.91. The molecule has 4 heterocycles. The number of piperidine rings is 1. The van der Waals surface area contributed by atoms with Crippen molar-refractivity contribution in [1.82, 2.24) is 19.8 Å². The average molecular weight is 485 g/mol. The normalized spacial score (nSPS) is 25.0. The zero-order chi connectivity index (χ0) is 24.7. The number of aromatic nitrogens is 2. The molecule has 35 heavy (non-hydrogen) atoms. The van der Waals surface area contributed by atoms with Gasteiger partial charge in [0, 0.05) is 36.1 Å². The fourth-order valence-corrected chi connectivity index (χ4v) is 5.17. The quantitative estimate of drug-likeness (QED) is 0.643. The van der Waals surface area contributed by atoms with E-state index < -0.39 is 11.7 Å². The fraction of sp³-hybridized carbons (Fsp3) is 0.360. The third-order valence-corrected chi connectivity index (χ3v) is 7.01. The van der Waals surface area contributed by atoms with Crippen molar-refractivity contribution >= 4 is 17.3 Å². The van der Waals surface area contributed by atoms with Crippen LogP contribution in [0.1, 0.15) is 42.5 Å². The van der Waals surface area contributed by atoms with Crippen LogP contribution in [0, 0.1) is 0 Å². The van der Waals surface area contributed by atoms with Crippen molar-refractivity contribution in [2.24, 2.45) is 5.73 Å². The highest BCUT2D eigenvalue weighted by Crippen LogP contribution is 2.36. The van der Waals surface area contributed by atoms with E-state index in [0.717, 1.165) is 25.0 Å². The SMILES string of the molecule is C=C1OC=CN1/C(=C(\N)c1cccc(C(F)(F)F)c1)c1ccnc(NC2C[C@H]3CC[C@@H](C2)N3C)n1. The molecule has 0 aliphatic carbocycles. The van der Waals surface area contributed by atoms with E-state index in [1.807, 2.05) is 0 Å². The molecule has 2 aromatic rings. The third-order valence-electron chi connectivity index (χ3n) is 7.01. The number of ether oxygens (including phenoxy) is 1. The summed E-state index contributed by atoms with van der Waals surface area (Å²) < 4.78 is 45.3. The number of hydrogen-bond acceptors (Lipinski definition) is 7. The molecule has 1 unspecified atom stereocenters. The van der Waals surface area contributed by atoms with Crippen LogP contribution < -0.4 is 11.1 Å². The summed E-state index contributed by atoms with van der Waals surface area (Å²) in [5, 5.41) is 3.46. The number of halogens is 3. The van der Waals surface area contributed by atoms with Crippen LogP contribution >= 0.6 is 0 Å². The highest BCUT2D eigenvalue weighted by molar-refractivity contribution is 5.88. The molecule has 10 heteroatoms. The van der Waals surface area contributed by atoms with Gasteiger partial charge in [-0.15, -0.1) is 0 Å². The van der Waals surface area contributed by atoms with Crippen molar-refractivity contribution in [2.45, 2.75) is 50.0 Å². The molecule has 5 rings (SSSR count). The number of rotatable bonds is 5. The van der Waals surface area contributed by atoms with Crippen molar-refractivity contribution in [1.29, 1.82) is 0 Å². The molecule has 0 radical (unpaired) electrons. The second-order valence-corrected chi connectivity index (χ2v) is 9.14. The molecule has 3 atom stereocenters. The van der Waals surface area contributed by atoms with Crippen molar-refractivity contribution in [3.05, 3.63) is 78.3 Å². The summed E-state index contributed by atoms with van der Waals surface area (Å²) in [6.07, 6.45) is 4.56. The highest BCUT2D eigenvalue weighted by Gasteiger charge is 2.38. The van der Waals surface area contributed by atoms with Crippen LogP contribution in [0.3, 0.4) is 0 Å². The van der Waals surface area contributed by atoms with Crippen LogP contribution in [0.5, 0.6) is 0 Å². The van der Waals surface area contributed by atoms with E-state index in [1.165, 1.54) is 31.2 Å². The van der Waals surface area contributed by atoms with Gasteiger partial charge in [0.2, 0.25) is 5.95 Å². The predicted molar refractivity (Wildman–Crippen MR) is 127 cm³/mol. The van der Waals surface area contributed by atoms with Crippen molar-refractivity contribution < 1.29 is 17.9 Å². The number of anilines is 1. The number of nitrogens with two attached hydrogens (primary N) is 1. The molecule has 2 fully saturated rings. The number of benzene rings is 1. The molecule has 0 saturated carbocycles. The summed E-state index contributed by atoms with van der Waals surface area (Å²) in [4.78, 5) is 13.1. The van der Waals surface area contributed by atoms with Gasteiger partial charge in [0.25, 0.3) is 0 Å². The maximum atomic E-state index is 13.3. The van der Waals surface area contributed by atoms with E-state index in [0.29, 0.717) is 29.4 Å². The lowest BCUT2D eigenvalue weighted by molar-refractivity contribution is -0.137. The van der Waals surface area contributed by atoms with E-state index in [9.17, 15) is 13.2 Å². The van der Waals surface area contributed by atoms with Crippen molar-refractivity contribution in [3.63, 3.8) is 0 Å². The molecular formula is C25H27F3N6O. The van der Waals surface area contributed by atoms with Gasteiger partial charge in [-0.25, -0.2) is 9.97 Å². The Hall–Kier alpha value is -3.53. The Bertz CT molecular complexity index is 1180. The van der Waals surface area contributed by atoms with Crippen LogP contribution in [0.25, 0.3) is 11.4 Å². The second-order valence-electron chi connectivity index (χ2n) is 9.14. The standard InChI is InChI=1S/C25H27F3N6O/c1-15-34(10-11-35-15)23(22(29)16-4-3-5-17(12-16)25(26,27)28)21-8-9-30-24(32-21)31-18-13-19-6-7-20(14-18)33(19)2/h3-5,8-12,18-20H,1,6-7,13-14,29H2,2H3,(H,30,31,32)/b23-22-/t18?,19-,20+. The fourth-order valence-electron chi connectivity index (χ4n) is 5.17. The van der Waals surface area contributed by atoms with Crippen LogP contribution in [-0.4, -0.2) is 44.9 Å². The minimum absolute atomic E-state index is 0.106. The first kappa shape index (κ1) is 23.2. The Morgan fingerprint density at radius 2 is 1.94 bits per heavy atom. The minimum atomic E-state index is -4.49. The van der Waals surface area contributed by atoms with E-state index >= 15 is 0 Å². The first-order valence-electron chi connectivity index (χ1n) is 11.5. The third kappa shape index (κ3) is 4.58. The first-order valence-corrected chi connectivity index (χ1v) is 11.5. The summed E-state index contributed by atoms with van der Waals surface area (Å²) in [7, 11) is 2.18. The molecular weight excluding hydrogens is 457 g/mol. The summed E-state index contributed by atoms with van der Waals surface area (Å²) >= 11 is 0. The van der Waals surface area contributed by atoms with Crippen LogP contribution in [0.15, 0.2) is 61.5 Å².